The summed E-state index contributed by atoms with van der Waals surface area (Å²) in [6.45, 7) is 2.63. The van der Waals surface area contributed by atoms with Gasteiger partial charge in [0.05, 0.1) is 0 Å². The highest BCUT2D eigenvalue weighted by molar-refractivity contribution is 5.76. The summed E-state index contributed by atoms with van der Waals surface area (Å²) in [7, 11) is 0. The van der Waals surface area contributed by atoms with Gasteiger partial charge in [0.15, 0.2) is 0 Å². The van der Waals surface area contributed by atoms with Gasteiger partial charge in [0.2, 0.25) is 5.91 Å². The van der Waals surface area contributed by atoms with Gasteiger partial charge in [-0.15, -0.1) is 0 Å². The Morgan fingerprint density at radius 1 is 1.38 bits per heavy atom. The first-order chi connectivity index (χ1) is 7.26. The summed E-state index contributed by atoms with van der Waals surface area (Å²) in [4.78, 5) is 12.3. The Balaban J connectivity index is 4.24. The first kappa shape index (κ1) is 15.2. The first-order valence-electron chi connectivity index (χ1n) is 5.31. The molecule has 3 nitrogen and oxygen atoms in total. The number of amides is 1. The highest BCUT2D eigenvalue weighted by atomic mass is 19.4. The molecule has 0 spiro atoms. The highest BCUT2D eigenvalue weighted by Gasteiger charge is 2.32. The molecule has 0 rings (SSSR count). The van der Waals surface area contributed by atoms with E-state index in [1.165, 1.54) is 0 Å². The molecule has 0 aromatic heterocycles. The van der Waals surface area contributed by atoms with Crippen molar-refractivity contribution in [3.8, 4) is 0 Å². The predicted octanol–water partition coefficient (Wildman–Crippen LogP) is 1.77. The maximum absolute atomic E-state index is 12.2. The lowest BCUT2D eigenvalue weighted by atomic mass is 10.1. The molecule has 0 aliphatic carbocycles. The van der Waals surface area contributed by atoms with E-state index < -0.39 is 18.6 Å². The Kier molecular flexibility index (Phi) is 6.40. The van der Waals surface area contributed by atoms with E-state index in [9.17, 15) is 18.0 Å². The average Bonchev–Trinajstić information content (AvgIpc) is 2.11. The minimum atomic E-state index is -4.36. The van der Waals surface area contributed by atoms with E-state index in [0.29, 0.717) is 12.3 Å². The van der Waals surface area contributed by atoms with Gasteiger partial charge in [-0.1, -0.05) is 13.8 Å². The molecule has 96 valence electrons. The minimum absolute atomic E-state index is 0.0451. The van der Waals surface area contributed by atoms with E-state index in [1.807, 2.05) is 13.8 Å². The SMILES string of the molecule is CC(C)CCC(=O)N(CCN)CC(F)(F)F. The van der Waals surface area contributed by atoms with Gasteiger partial charge in [-0.2, -0.15) is 13.2 Å². The highest BCUT2D eigenvalue weighted by Crippen LogP contribution is 2.17. The monoisotopic (exact) mass is 240 g/mol. The Morgan fingerprint density at radius 3 is 2.31 bits per heavy atom. The molecule has 1 amide bonds. The fraction of sp³-hybridized carbons (Fsp3) is 0.900. The van der Waals surface area contributed by atoms with Crippen molar-refractivity contribution < 1.29 is 18.0 Å². The molecular formula is C10H19F3N2O. The second-order valence-corrected chi connectivity index (χ2v) is 4.15. The third kappa shape index (κ3) is 7.50. The Bertz CT molecular complexity index is 217. The number of carbonyl (C=O) groups is 1. The maximum atomic E-state index is 12.2. The molecule has 0 aliphatic heterocycles. The van der Waals surface area contributed by atoms with Gasteiger partial charge < -0.3 is 10.6 Å². The predicted molar refractivity (Wildman–Crippen MR) is 55.8 cm³/mol. The van der Waals surface area contributed by atoms with Crippen molar-refractivity contribution >= 4 is 5.91 Å². The van der Waals surface area contributed by atoms with Crippen LogP contribution in [0, 0.1) is 5.92 Å². The van der Waals surface area contributed by atoms with E-state index >= 15 is 0 Å². The van der Waals surface area contributed by atoms with Crippen LogP contribution in [0.1, 0.15) is 26.7 Å². The van der Waals surface area contributed by atoms with Gasteiger partial charge in [0.1, 0.15) is 6.54 Å². The summed E-state index contributed by atoms with van der Waals surface area (Å²) >= 11 is 0. The minimum Gasteiger partial charge on any atom is -0.332 e. The number of nitrogens with two attached hydrogens (primary N) is 1. The molecule has 0 heterocycles. The molecular weight excluding hydrogens is 221 g/mol. The Labute approximate surface area is 93.8 Å². The van der Waals surface area contributed by atoms with Crippen LogP contribution in [-0.4, -0.2) is 36.6 Å². The van der Waals surface area contributed by atoms with Crippen LogP contribution in [0.25, 0.3) is 0 Å². The third-order valence-electron chi connectivity index (χ3n) is 2.06. The lowest BCUT2D eigenvalue weighted by Gasteiger charge is -2.23. The zero-order valence-corrected chi connectivity index (χ0v) is 9.68. The normalized spacial score (nSPS) is 11.9. The Morgan fingerprint density at radius 2 is 1.94 bits per heavy atom. The van der Waals surface area contributed by atoms with Crippen LogP contribution in [0.5, 0.6) is 0 Å². The average molecular weight is 240 g/mol. The first-order valence-corrected chi connectivity index (χ1v) is 5.31. The molecule has 0 unspecified atom stereocenters. The van der Waals surface area contributed by atoms with Gasteiger partial charge in [0, 0.05) is 19.5 Å². The molecule has 2 N–H and O–H groups in total. The van der Waals surface area contributed by atoms with Crippen LogP contribution >= 0.6 is 0 Å². The van der Waals surface area contributed by atoms with Crippen LogP contribution < -0.4 is 5.73 Å². The number of halogens is 3. The van der Waals surface area contributed by atoms with Gasteiger partial charge in [-0.3, -0.25) is 4.79 Å². The Hall–Kier alpha value is -0.780. The van der Waals surface area contributed by atoms with E-state index in [1.54, 1.807) is 0 Å². The van der Waals surface area contributed by atoms with Crippen molar-refractivity contribution in [2.24, 2.45) is 11.7 Å². The van der Waals surface area contributed by atoms with Gasteiger partial charge >= 0.3 is 6.18 Å². The quantitative estimate of drug-likeness (QED) is 0.769. The summed E-state index contributed by atoms with van der Waals surface area (Å²) < 4.78 is 36.5. The van der Waals surface area contributed by atoms with Crippen molar-refractivity contribution in [2.45, 2.75) is 32.9 Å². The second kappa shape index (κ2) is 6.73. The van der Waals surface area contributed by atoms with E-state index in [0.717, 1.165) is 4.90 Å². The number of nitrogens with zero attached hydrogens (tertiary/aromatic N) is 1. The van der Waals surface area contributed by atoms with Crippen LogP contribution in [0.4, 0.5) is 13.2 Å². The number of hydrogen-bond acceptors (Lipinski definition) is 2. The van der Waals surface area contributed by atoms with Crippen LogP contribution in [0.3, 0.4) is 0 Å². The van der Waals surface area contributed by atoms with Crippen molar-refractivity contribution in [1.29, 1.82) is 0 Å². The molecule has 6 heteroatoms. The summed E-state index contributed by atoms with van der Waals surface area (Å²) in [6, 6.07) is 0. The van der Waals surface area contributed by atoms with E-state index in [-0.39, 0.29) is 19.5 Å². The van der Waals surface area contributed by atoms with Crippen LogP contribution in [0.15, 0.2) is 0 Å². The van der Waals surface area contributed by atoms with Gasteiger partial charge in [0.25, 0.3) is 0 Å². The number of alkyl halides is 3. The molecule has 0 aromatic carbocycles. The number of hydrogen-bond donors (Lipinski definition) is 1. The topological polar surface area (TPSA) is 46.3 Å². The molecule has 0 aromatic rings. The van der Waals surface area contributed by atoms with E-state index in [4.69, 9.17) is 5.73 Å². The second-order valence-electron chi connectivity index (χ2n) is 4.15. The van der Waals surface area contributed by atoms with Gasteiger partial charge in [-0.25, -0.2) is 0 Å². The fourth-order valence-electron chi connectivity index (χ4n) is 1.23. The van der Waals surface area contributed by atoms with Crippen molar-refractivity contribution in [3.05, 3.63) is 0 Å². The molecule has 16 heavy (non-hydrogen) atoms. The molecule has 0 radical (unpaired) electrons. The van der Waals surface area contributed by atoms with E-state index in [2.05, 4.69) is 0 Å². The maximum Gasteiger partial charge on any atom is 0.406 e. The lowest BCUT2D eigenvalue weighted by molar-refractivity contribution is -0.161. The standard InChI is InChI=1S/C10H19F3N2O/c1-8(2)3-4-9(16)15(6-5-14)7-10(11,12)13/h8H,3-7,14H2,1-2H3. The summed E-state index contributed by atoms with van der Waals surface area (Å²) in [6.07, 6.45) is -3.62. The fourth-order valence-corrected chi connectivity index (χ4v) is 1.23. The van der Waals surface area contributed by atoms with Gasteiger partial charge in [-0.05, 0) is 12.3 Å². The molecule has 0 saturated heterocycles. The molecule has 0 atom stereocenters. The number of carbonyl (C=O) groups excluding carboxylic acids is 1. The largest absolute Gasteiger partial charge is 0.406 e. The molecule has 0 aliphatic rings. The van der Waals surface area contributed by atoms with Crippen molar-refractivity contribution in [1.82, 2.24) is 4.90 Å². The zero-order chi connectivity index (χ0) is 12.8. The number of rotatable bonds is 6. The third-order valence-corrected chi connectivity index (χ3v) is 2.06. The van der Waals surface area contributed by atoms with Crippen molar-refractivity contribution in [3.63, 3.8) is 0 Å². The van der Waals surface area contributed by atoms with Crippen LogP contribution in [0.2, 0.25) is 0 Å². The molecule has 0 fully saturated rings. The summed E-state index contributed by atoms with van der Waals surface area (Å²) in [5.41, 5.74) is 5.18. The van der Waals surface area contributed by atoms with Crippen molar-refractivity contribution in [2.75, 3.05) is 19.6 Å². The molecule has 0 bridgehead atoms. The smallest absolute Gasteiger partial charge is 0.332 e. The van der Waals surface area contributed by atoms with Crippen LogP contribution in [-0.2, 0) is 4.79 Å². The summed E-state index contributed by atoms with van der Waals surface area (Å²) in [5.74, 6) is -0.175. The molecule has 0 saturated carbocycles. The zero-order valence-electron chi connectivity index (χ0n) is 9.68. The lowest BCUT2D eigenvalue weighted by Crippen LogP contribution is -2.41. The summed E-state index contributed by atoms with van der Waals surface area (Å²) in [5, 5.41) is 0.